The number of anilines is 1. The molecule has 4 nitrogen and oxygen atoms in total. The predicted molar refractivity (Wildman–Crippen MR) is 80.6 cm³/mol. The van der Waals surface area contributed by atoms with E-state index in [2.05, 4.69) is 29.0 Å². The highest BCUT2D eigenvalue weighted by atomic mass is 16.4. The Morgan fingerprint density at radius 1 is 1.00 bits per heavy atom. The average molecular weight is 270 g/mol. The van der Waals surface area contributed by atoms with Crippen molar-refractivity contribution in [1.82, 2.24) is 4.90 Å². The van der Waals surface area contributed by atoms with Crippen LogP contribution in [0.4, 0.5) is 5.69 Å². The van der Waals surface area contributed by atoms with Gasteiger partial charge in [-0.25, -0.2) is 4.79 Å². The highest BCUT2D eigenvalue weighted by molar-refractivity contribution is 5.95. The zero-order valence-corrected chi connectivity index (χ0v) is 11.5. The number of carbonyl (C=O) groups is 1. The summed E-state index contributed by atoms with van der Waals surface area (Å²) >= 11 is 0. The van der Waals surface area contributed by atoms with Gasteiger partial charge in [0.25, 0.3) is 0 Å². The summed E-state index contributed by atoms with van der Waals surface area (Å²) in [6.07, 6.45) is 0. The molecular formula is C16H18N2O2. The van der Waals surface area contributed by atoms with Gasteiger partial charge in [-0.1, -0.05) is 12.1 Å². The lowest BCUT2D eigenvalue weighted by Crippen LogP contribution is -2.44. The molecule has 20 heavy (non-hydrogen) atoms. The SMILES string of the molecule is CN1CCN(c2ccc3cc(C(=O)O)ccc3c2)CC1. The Morgan fingerprint density at radius 2 is 1.65 bits per heavy atom. The normalized spacial score (nSPS) is 16.6. The van der Waals surface area contributed by atoms with Crippen molar-refractivity contribution in [1.29, 1.82) is 0 Å². The number of carboxylic acid groups (broad SMARTS) is 1. The highest BCUT2D eigenvalue weighted by Crippen LogP contribution is 2.24. The third kappa shape index (κ3) is 2.47. The molecule has 0 amide bonds. The second-order valence-corrected chi connectivity index (χ2v) is 5.34. The van der Waals surface area contributed by atoms with E-state index in [9.17, 15) is 4.79 Å². The van der Waals surface area contributed by atoms with Crippen molar-refractivity contribution in [2.75, 3.05) is 38.1 Å². The van der Waals surface area contributed by atoms with Gasteiger partial charge in [0, 0.05) is 31.9 Å². The molecule has 0 unspecified atom stereocenters. The number of nitrogens with zero attached hydrogens (tertiary/aromatic N) is 2. The van der Waals surface area contributed by atoms with Crippen LogP contribution in [-0.2, 0) is 0 Å². The number of benzene rings is 2. The van der Waals surface area contributed by atoms with Crippen molar-refractivity contribution in [3.63, 3.8) is 0 Å². The lowest BCUT2D eigenvalue weighted by atomic mass is 10.1. The van der Waals surface area contributed by atoms with Crippen LogP contribution < -0.4 is 4.90 Å². The maximum atomic E-state index is 11.0. The molecule has 0 aromatic heterocycles. The molecule has 104 valence electrons. The minimum atomic E-state index is -0.880. The van der Waals surface area contributed by atoms with Gasteiger partial charge in [0.1, 0.15) is 0 Å². The molecule has 1 saturated heterocycles. The quantitative estimate of drug-likeness (QED) is 0.909. The molecule has 0 radical (unpaired) electrons. The molecule has 1 N–H and O–H groups in total. The fourth-order valence-electron chi connectivity index (χ4n) is 2.63. The van der Waals surface area contributed by atoms with Gasteiger partial charge in [-0.05, 0) is 42.1 Å². The summed E-state index contributed by atoms with van der Waals surface area (Å²) in [7, 11) is 2.14. The lowest BCUT2D eigenvalue weighted by molar-refractivity contribution is 0.0697. The maximum absolute atomic E-state index is 11.0. The van der Waals surface area contributed by atoms with Crippen LogP contribution in [0.5, 0.6) is 0 Å². The van der Waals surface area contributed by atoms with Crippen molar-refractivity contribution < 1.29 is 9.90 Å². The van der Waals surface area contributed by atoms with Gasteiger partial charge in [0.05, 0.1) is 5.56 Å². The number of aromatic carboxylic acids is 1. The van der Waals surface area contributed by atoms with Gasteiger partial charge in [0.15, 0.2) is 0 Å². The molecule has 0 spiro atoms. The van der Waals surface area contributed by atoms with E-state index in [1.54, 1.807) is 12.1 Å². The van der Waals surface area contributed by atoms with E-state index in [-0.39, 0.29) is 0 Å². The maximum Gasteiger partial charge on any atom is 0.335 e. The lowest BCUT2D eigenvalue weighted by Gasteiger charge is -2.34. The van der Waals surface area contributed by atoms with Crippen LogP contribution in [0.1, 0.15) is 10.4 Å². The molecule has 2 aromatic carbocycles. The zero-order chi connectivity index (χ0) is 14.1. The van der Waals surface area contributed by atoms with Crippen LogP contribution in [0.15, 0.2) is 36.4 Å². The molecule has 4 heteroatoms. The minimum absolute atomic E-state index is 0.338. The van der Waals surface area contributed by atoms with Gasteiger partial charge >= 0.3 is 5.97 Å². The third-order valence-electron chi connectivity index (χ3n) is 3.94. The summed E-state index contributed by atoms with van der Waals surface area (Å²) < 4.78 is 0. The molecule has 3 rings (SSSR count). The number of hydrogen-bond acceptors (Lipinski definition) is 3. The van der Waals surface area contributed by atoms with Crippen molar-refractivity contribution in [2.45, 2.75) is 0 Å². The van der Waals surface area contributed by atoms with Crippen molar-refractivity contribution in [2.24, 2.45) is 0 Å². The molecule has 0 aliphatic carbocycles. The zero-order valence-electron chi connectivity index (χ0n) is 11.5. The molecule has 1 heterocycles. The largest absolute Gasteiger partial charge is 0.478 e. The number of fused-ring (bicyclic) bond motifs is 1. The van der Waals surface area contributed by atoms with Crippen LogP contribution in [0.25, 0.3) is 10.8 Å². The van der Waals surface area contributed by atoms with Crippen LogP contribution >= 0.6 is 0 Å². The van der Waals surface area contributed by atoms with Gasteiger partial charge in [-0.2, -0.15) is 0 Å². The highest BCUT2D eigenvalue weighted by Gasteiger charge is 2.14. The van der Waals surface area contributed by atoms with Gasteiger partial charge in [0.2, 0.25) is 0 Å². The Morgan fingerprint density at radius 3 is 2.35 bits per heavy atom. The fourth-order valence-corrected chi connectivity index (χ4v) is 2.63. The molecular weight excluding hydrogens is 252 g/mol. The molecule has 0 saturated carbocycles. The monoisotopic (exact) mass is 270 g/mol. The number of rotatable bonds is 2. The Kier molecular flexibility index (Phi) is 3.32. The Hall–Kier alpha value is -2.07. The van der Waals surface area contributed by atoms with Gasteiger partial charge in [-0.15, -0.1) is 0 Å². The van der Waals surface area contributed by atoms with Gasteiger partial charge in [-0.3, -0.25) is 0 Å². The first-order valence-corrected chi connectivity index (χ1v) is 6.84. The van der Waals surface area contributed by atoms with E-state index in [1.165, 1.54) is 5.69 Å². The Balaban J connectivity index is 1.91. The molecule has 1 fully saturated rings. The van der Waals surface area contributed by atoms with E-state index < -0.39 is 5.97 Å². The smallest absolute Gasteiger partial charge is 0.335 e. The van der Waals surface area contributed by atoms with Crippen LogP contribution in [0.3, 0.4) is 0 Å². The first-order valence-electron chi connectivity index (χ1n) is 6.84. The van der Waals surface area contributed by atoms with Gasteiger partial charge < -0.3 is 14.9 Å². The predicted octanol–water partition coefficient (Wildman–Crippen LogP) is 2.29. The van der Waals surface area contributed by atoms with Crippen LogP contribution in [0.2, 0.25) is 0 Å². The van der Waals surface area contributed by atoms with E-state index in [1.807, 2.05) is 12.1 Å². The summed E-state index contributed by atoms with van der Waals surface area (Å²) in [6.45, 7) is 4.23. The molecule has 1 aliphatic heterocycles. The second kappa shape index (κ2) is 5.13. The Bertz CT molecular complexity index is 646. The Labute approximate surface area is 118 Å². The number of carboxylic acids is 1. The van der Waals surface area contributed by atoms with E-state index in [0.29, 0.717) is 5.56 Å². The molecule has 2 aromatic rings. The first kappa shape index (κ1) is 12.9. The average Bonchev–Trinajstić information content (AvgIpc) is 2.47. The third-order valence-corrected chi connectivity index (χ3v) is 3.94. The topological polar surface area (TPSA) is 43.8 Å². The van der Waals surface area contributed by atoms with E-state index in [0.717, 1.165) is 37.0 Å². The first-order chi connectivity index (χ1) is 9.63. The molecule has 1 aliphatic rings. The summed E-state index contributed by atoms with van der Waals surface area (Å²) in [5.74, 6) is -0.880. The van der Waals surface area contributed by atoms with Crippen LogP contribution in [0, 0.1) is 0 Å². The van der Waals surface area contributed by atoms with Crippen LogP contribution in [-0.4, -0.2) is 49.2 Å². The summed E-state index contributed by atoms with van der Waals surface area (Å²) in [5, 5.41) is 11.1. The van der Waals surface area contributed by atoms with Crippen molar-refractivity contribution in [3.8, 4) is 0 Å². The minimum Gasteiger partial charge on any atom is -0.478 e. The van der Waals surface area contributed by atoms with Crippen molar-refractivity contribution >= 4 is 22.4 Å². The van der Waals surface area contributed by atoms with Crippen molar-refractivity contribution in [3.05, 3.63) is 42.0 Å². The van der Waals surface area contributed by atoms with E-state index >= 15 is 0 Å². The summed E-state index contributed by atoms with van der Waals surface area (Å²) in [4.78, 5) is 15.7. The fraction of sp³-hybridized carbons (Fsp3) is 0.312. The molecule has 0 bridgehead atoms. The number of piperazine rings is 1. The number of hydrogen-bond donors (Lipinski definition) is 1. The number of likely N-dealkylation sites (N-methyl/N-ethyl adjacent to an activating group) is 1. The summed E-state index contributed by atoms with van der Waals surface area (Å²) in [6, 6.07) is 11.5. The second-order valence-electron chi connectivity index (χ2n) is 5.34. The van der Waals surface area contributed by atoms with E-state index in [4.69, 9.17) is 5.11 Å². The standard InChI is InChI=1S/C16H18N2O2/c1-17-6-8-18(9-7-17)15-5-4-12-10-14(16(19)20)3-2-13(12)11-15/h2-5,10-11H,6-9H2,1H3,(H,19,20). The summed E-state index contributed by atoms with van der Waals surface area (Å²) in [5.41, 5.74) is 1.55. The molecule has 0 atom stereocenters.